The van der Waals surface area contributed by atoms with Crippen molar-refractivity contribution in [3.8, 4) is 11.3 Å². The van der Waals surface area contributed by atoms with E-state index in [1.165, 1.54) is 41.7 Å². The molecule has 3 nitrogen and oxygen atoms in total. The topological polar surface area (TPSA) is 42.0 Å². The Bertz CT molecular complexity index is 722. The van der Waals surface area contributed by atoms with Gasteiger partial charge < -0.3 is 5.32 Å². The van der Waals surface area contributed by atoms with Crippen molar-refractivity contribution in [2.24, 2.45) is 0 Å². The van der Waals surface area contributed by atoms with Crippen LogP contribution in [0, 0.1) is 0 Å². The molecule has 23 heavy (non-hydrogen) atoms. The van der Waals surface area contributed by atoms with Crippen molar-refractivity contribution in [3.05, 3.63) is 34.7 Å². The van der Waals surface area contributed by atoms with E-state index in [0.29, 0.717) is 5.13 Å². The van der Waals surface area contributed by atoms with Gasteiger partial charge in [-0.25, -0.2) is 4.98 Å². The molecule has 1 atom stereocenters. The molecule has 4 rings (SSSR count). The van der Waals surface area contributed by atoms with Gasteiger partial charge in [-0.15, -0.1) is 23.1 Å². The van der Waals surface area contributed by atoms with E-state index in [2.05, 4.69) is 28.5 Å². The Balaban J connectivity index is 1.47. The summed E-state index contributed by atoms with van der Waals surface area (Å²) in [5.41, 5.74) is 5.05. The number of thiazole rings is 1. The average Bonchev–Trinajstić information content (AvgIpc) is 3.23. The van der Waals surface area contributed by atoms with Crippen molar-refractivity contribution in [1.82, 2.24) is 4.98 Å². The van der Waals surface area contributed by atoms with E-state index < -0.39 is 0 Å². The lowest BCUT2D eigenvalue weighted by Gasteiger charge is -2.19. The minimum absolute atomic E-state index is 0.0566. The minimum Gasteiger partial charge on any atom is -0.301 e. The molecule has 1 saturated heterocycles. The van der Waals surface area contributed by atoms with Crippen molar-refractivity contribution in [3.63, 3.8) is 0 Å². The third kappa shape index (κ3) is 3.44. The maximum absolute atomic E-state index is 12.3. The molecule has 2 heterocycles. The minimum atomic E-state index is 0.0566. The predicted molar refractivity (Wildman–Crippen MR) is 102 cm³/mol. The van der Waals surface area contributed by atoms with Crippen LogP contribution in [0.15, 0.2) is 23.6 Å². The highest BCUT2D eigenvalue weighted by atomic mass is 32.2. The number of aryl methyl sites for hydroxylation is 2. The van der Waals surface area contributed by atoms with Gasteiger partial charge in [-0.05, 0) is 36.5 Å². The van der Waals surface area contributed by atoms with Gasteiger partial charge >= 0.3 is 0 Å². The number of nitrogens with zero attached hydrogens (tertiary/aromatic N) is 1. The smallest absolute Gasteiger partial charge is 0.240 e. The first-order chi connectivity index (χ1) is 11.3. The lowest BCUT2D eigenvalue weighted by molar-refractivity contribution is -0.115. The number of amides is 1. The van der Waals surface area contributed by atoms with Crippen molar-refractivity contribution >= 4 is 45.9 Å². The third-order valence-electron chi connectivity index (χ3n) is 4.24. The van der Waals surface area contributed by atoms with Crippen LogP contribution >= 0.6 is 34.9 Å². The monoisotopic (exact) mass is 362 g/mol. The van der Waals surface area contributed by atoms with Crippen LogP contribution in [-0.2, 0) is 17.6 Å². The summed E-state index contributed by atoms with van der Waals surface area (Å²) < 4.78 is 0. The largest absolute Gasteiger partial charge is 0.301 e. The van der Waals surface area contributed by atoms with E-state index in [-0.39, 0.29) is 11.2 Å². The molecule has 1 aliphatic carbocycles. The molecular weight excluding hydrogens is 344 g/mol. The van der Waals surface area contributed by atoms with Crippen LogP contribution in [0.25, 0.3) is 11.3 Å². The zero-order valence-corrected chi connectivity index (χ0v) is 15.2. The number of nitrogens with one attached hydrogen (secondary N) is 1. The zero-order chi connectivity index (χ0) is 15.6. The predicted octanol–water partition coefficient (Wildman–Crippen LogP) is 4.09. The molecule has 0 bridgehead atoms. The molecule has 1 N–H and O–H groups in total. The highest BCUT2D eigenvalue weighted by Gasteiger charge is 2.23. The van der Waals surface area contributed by atoms with Crippen LogP contribution in [0.4, 0.5) is 5.13 Å². The first-order valence-corrected chi connectivity index (χ1v) is 11.0. The number of hydrogen-bond acceptors (Lipinski definition) is 5. The van der Waals surface area contributed by atoms with Crippen molar-refractivity contribution in [2.45, 2.75) is 24.5 Å². The highest BCUT2D eigenvalue weighted by molar-refractivity contribution is 8.07. The molecular formula is C17H18N2OS3. The summed E-state index contributed by atoms with van der Waals surface area (Å²) in [5.74, 6) is 3.20. The zero-order valence-electron chi connectivity index (χ0n) is 12.7. The van der Waals surface area contributed by atoms with Crippen molar-refractivity contribution in [2.75, 3.05) is 22.6 Å². The second kappa shape index (κ2) is 6.87. The molecule has 2 aromatic rings. The van der Waals surface area contributed by atoms with E-state index >= 15 is 0 Å². The Morgan fingerprint density at radius 2 is 2.13 bits per heavy atom. The van der Waals surface area contributed by atoms with Gasteiger partial charge in [0.25, 0.3) is 0 Å². The van der Waals surface area contributed by atoms with Gasteiger partial charge in [0.05, 0.1) is 10.9 Å². The molecule has 6 heteroatoms. The maximum atomic E-state index is 12.3. The molecule has 1 unspecified atom stereocenters. The van der Waals surface area contributed by atoms with E-state index in [1.807, 2.05) is 17.1 Å². The number of carbonyl (C=O) groups excluding carboxylic acids is 1. The van der Waals surface area contributed by atoms with Crippen LogP contribution in [-0.4, -0.2) is 33.4 Å². The van der Waals surface area contributed by atoms with E-state index in [4.69, 9.17) is 0 Å². The van der Waals surface area contributed by atoms with Gasteiger partial charge in [-0.1, -0.05) is 12.1 Å². The van der Waals surface area contributed by atoms with Crippen LogP contribution < -0.4 is 5.32 Å². The fourth-order valence-electron chi connectivity index (χ4n) is 3.02. The van der Waals surface area contributed by atoms with E-state index in [9.17, 15) is 4.79 Å². The molecule has 1 aromatic carbocycles. The Labute approximate surface area is 148 Å². The molecule has 0 saturated carbocycles. The standard InChI is InChI=1S/C17H18N2OS3/c20-16(15-10-21-6-7-22-15)19-17-18-14(9-23-17)13-5-4-11-2-1-3-12(11)8-13/h4-5,8-9,15H,1-3,6-7,10H2,(H,18,19,20). The normalized spacial score (nSPS) is 20.3. The maximum Gasteiger partial charge on any atom is 0.240 e. The molecule has 2 aliphatic rings. The number of hydrogen-bond donors (Lipinski definition) is 1. The second-order valence-corrected chi connectivity index (χ2v) is 9.12. The molecule has 0 spiro atoms. The molecule has 120 valence electrons. The van der Waals surface area contributed by atoms with Crippen molar-refractivity contribution < 1.29 is 4.79 Å². The van der Waals surface area contributed by atoms with Gasteiger partial charge in [0.1, 0.15) is 0 Å². The molecule has 1 amide bonds. The number of thioether (sulfide) groups is 2. The number of anilines is 1. The summed E-state index contributed by atoms with van der Waals surface area (Å²) in [4.78, 5) is 16.9. The number of carbonyl (C=O) groups is 1. The van der Waals surface area contributed by atoms with Crippen LogP contribution in [0.5, 0.6) is 0 Å². The lowest BCUT2D eigenvalue weighted by atomic mass is 10.1. The van der Waals surface area contributed by atoms with Crippen LogP contribution in [0.1, 0.15) is 17.5 Å². The van der Waals surface area contributed by atoms with E-state index in [0.717, 1.165) is 28.5 Å². The van der Waals surface area contributed by atoms with Gasteiger partial charge in [0.2, 0.25) is 5.91 Å². The van der Waals surface area contributed by atoms with Crippen molar-refractivity contribution in [1.29, 1.82) is 0 Å². The summed E-state index contributed by atoms with van der Waals surface area (Å²) in [6, 6.07) is 6.64. The summed E-state index contributed by atoms with van der Waals surface area (Å²) >= 11 is 5.12. The molecule has 1 aliphatic heterocycles. The SMILES string of the molecule is O=C(Nc1nc(-c2ccc3c(c2)CCC3)cs1)C1CSCCS1. The Kier molecular flexibility index (Phi) is 4.64. The first-order valence-electron chi connectivity index (χ1n) is 7.87. The third-order valence-corrected chi connectivity index (χ3v) is 7.75. The lowest BCUT2D eigenvalue weighted by Crippen LogP contribution is -2.30. The summed E-state index contributed by atoms with van der Waals surface area (Å²) in [6.07, 6.45) is 3.63. The number of fused-ring (bicyclic) bond motifs is 1. The van der Waals surface area contributed by atoms with E-state index in [1.54, 1.807) is 11.8 Å². The quantitative estimate of drug-likeness (QED) is 0.893. The average molecular weight is 363 g/mol. The second-order valence-electron chi connectivity index (χ2n) is 5.80. The summed E-state index contributed by atoms with van der Waals surface area (Å²) in [7, 11) is 0. The number of benzene rings is 1. The van der Waals surface area contributed by atoms with Gasteiger partial charge in [0, 0.05) is 28.2 Å². The Hall–Kier alpha value is -0.980. The van der Waals surface area contributed by atoms with Crippen LogP contribution in [0.2, 0.25) is 0 Å². The van der Waals surface area contributed by atoms with Crippen LogP contribution in [0.3, 0.4) is 0 Å². The molecule has 1 fully saturated rings. The van der Waals surface area contributed by atoms with Gasteiger partial charge in [0.15, 0.2) is 5.13 Å². The van der Waals surface area contributed by atoms with Gasteiger partial charge in [-0.2, -0.15) is 11.8 Å². The fourth-order valence-corrected chi connectivity index (χ4v) is 6.30. The number of rotatable bonds is 3. The Morgan fingerprint density at radius 1 is 1.22 bits per heavy atom. The van der Waals surface area contributed by atoms with Gasteiger partial charge in [-0.3, -0.25) is 4.79 Å². The highest BCUT2D eigenvalue weighted by Crippen LogP contribution is 2.31. The summed E-state index contributed by atoms with van der Waals surface area (Å²) in [5, 5.41) is 5.79. The molecule has 0 radical (unpaired) electrons. The first kappa shape index (κ1) is 15.5. The molecule has 1 aromatic heterocycles. The summed E-state index contributed by atoms with van der Waals surface area (Å²) in [6.45, 7) is 0. The fraction of sp³-hybridized carbons (Fsp3) is 0.412. The number of aromatic nitrogens is 1. The Morgan fingerprint density at radius 3 is 3.00 bits per heavy atom.